The van der Waals surface area contributed by atoms with Gasteiger partial charge < -0.3 is 5.11 Å². The minimum Gasteiger partial charge on any atom is -0.481 e. The van der Waals surface area contributed by atoms with E-state index in [1.807, 2.05) is 20.8 Å². The van der Waals surface area contributed by atoms with Gasteiger partial charge in [0.1, 0.15) is 0 Å². The van der Waals surface area contributed by atoms with Crippen LogP contribution in [-0.2, 0) is 4.79 Å². The van der Waals surface area contributed by atoms with E-state index < -0.39 is 5.97 Å². The molecule has 0 fully saturated rings. The van der Waals surface area contributed by atoms with E-state index in [9.17, 15) is 4.79 Å². The monoisotopic (exact) mass is 158 g/mol. The van der Waals surface area contributed by atoms with Gasteiger partial charge in [0.25, 0.3) is 0 Å². The molecule has 0 rings (SSSR count). The molecule has 0 aromatic rings. The van der Waals surface area contributed by atoms with Gasteiger partial charge in [0.2, 0.25) is 0 Å². The predicted octanol–water partition coefficient (Wildman–Crippen LogP) is 2.56. The van der Waals surface area contributed by atoms with E-state index in [0.717, 1.165) is 0 Å². The summed E-state index contributed by atoms with van der Waals surface area (Å²) in [5.74, 6) is 0.0693. The zero-order valence-corrected chi connectivity index (χ0v) is 7.63. The van der Waals surface area contributed by atoms with Gasteiger partial charge >= 0.3 is 5.97 Å². The van der Waals surface area contributed by atoms with Crippen molar-refractivity contribution in [2.24, 2.45) is 11.8 Å². The van der Waals surface area contributed by atoms with Gasteiger partial charge in [-0.25, -0.2) is 0 Å². The van der Waals surface area contributed by atoms with Crippen LogP contribution in [0.2, 0.25) is 0 Å². The van der Waals surface area contributed by atoms with Crippen LogP contribution in [0, 0.1) is 11.8 Å². The number of carboxylic acid groups (broad SMARTS) is 1. The fraction of sp³-hybridized carbons (Fsp3) is 0.667. The highest BCUT2D eigenvalue weighted by Crippen LogP contribution is 2.12. The Morgan fingerprint density at radius 2 is 1.73 bits per heavy atom. The Morgan fingerprint density at radius 3 is 1.82 bits per heavy atom. The molecule has 0 bridgehead atoms. The second kappa shape index (κ2) is 7.32. The van der Waals surface area contributed by atoms with Crippen molar-refractivity contribution in [1.82, 2.24) is 0 Å². The van der Waals surface area contributed by atoms with E-state index >= 15 is 0 Å². The molecule has 1 unspecified atom stereocenters. The van der Waals surface area contributed by atoms with E-state index in [-0.39, 0.29) is 6.42 Å². The lowest BCUT2D eigenvalue weighted by molar-refractivity contribution is -0.138. The average Bonchev–Trinajstić information content (AvgIpc) is 1.90. The van der Waals surface area contributed by atoms with Crippen LogP contribution < -0.4 is 0 Å². The van der Waals surface area contributed by atoms with Crippen LogP contribution >= 0.6 is 0 Å². The van der Waals surface area contributed by atoms with Crippen LogP contribution in [0.4, 0.5) is 0 Å². The molecule has 0 aromatic carbocycles. The SMILES string of the molecule is C=C.CC(C)C(C)CC(=O)O. The standard InChI is InChI=1S/C7H14O2.C2H4/c1-5(2)6(3)4-7(8)9;1-2/h5-6H,4H2,1-3H3,(H,8,9);1-2H2. The van der Waals surface area contributed by atoms with E-state index in [1.165, 1.54) is 0 Å². The summed E-state index contributed by atoms with van der Waals surface area (Å²) < 4.78 is 0. The second-order valence-corrected chi connectivity index (χ2v) is 2.82. The lowest BCUT2D eigenvalue weighted by Crippen LogP contribution is -2.09. The van der Waals surface area contributed by atoms with E-state index in [4.69, 9.17) is 5.11 Å². The van der Waals surface area contributed by atoms with E-state index in [1.54, 1.807) is 0 Å². The number of hydrogen-bond acceptors (Lipinski definition) is 1. The van der Waals surface area contributed by atoms with Crippen LogP contribution in [0.25, 0.3) is 0 Å². The summed E-state index contributed by atoms with van der Waals surface area (Å²) in [6.07, 6.45) is 0.289. The van der Waals surface area contributed by atoms with Crippen molar-refractivity contribution in [3.63, 3.8) is 0 Å². The smallest absolute Gasteiger partial charge is 0.303 e. The average molecular weight is 158 g/mol. The van der Waals surface area contributed by atoms with Crippen molar-refractivity contribution < 1.29 is 9.90 Å². The maximum atomic E-state index is 10.1. The predicted molar refractivity (Wildman–Crippen MR) is 47.5 cm³/mol. The zero-order chi connectivity index (χ0) is 9.44. The van der Waals surface area contributed by atoms with E-state index in [2.05, 4.69) is 13.2 Å². The van der Waals surface area contributed by atoms with Gasteiger partial charge in [0.15, 0.2) is 0 Å². The number of carboxylic acids is 1. The molecule has 0 aliphatic rings. The summed E-state index contributed by atoms with van der Waals surface area (Å²) in [5.41, 5.74) is 0. The molecule has 0 aliphatic heterocycles. The zero-order valence-electron chi connectivity index (χ0n) is 7.63. The van der Waals surface area contributed by atoms with Crippen molar-refractivity contribution >= 4 is 5.97 Å². The Balaban J connectivity index is 0. The first kappa shape index (κ1) is 12.8. The Kier molecular flexibility index (Phi) is 8.55. The van der Waals surface area contributed by atoms with Crippen molar-refractivity contribution in [1.29, 1.82) is 0 Å². The van der Waals surface area contributed by atoms with Crippen molar-refractivity contribution in [3.8, 4) is 0 Å². The Bertz CT molecular complexity index is 108. The molecular formula is C9H18O2. The highest BCUT2D eigenvalue weighted by molar-refractivity contribution is 5.66. The molecule has 66 valence electrons. The molecule has 0 amide bonds. The Morgan fingerprint density at radius 1 is 1.36 bits per heavy atom. The van der Waals surface area contributed by atoms with Gasteiger partial charge in [0.05, 0.1) is 0 Å². The molecule has 0 radical (unpaired) electrons. The fourth-order valence-electron chi connectivity index (χ4n) is 0.511. The third-order valence-corrected chi connectivity index (χ3v) is 1.63. The molecule has 0 spiro atoms. The maximum absolute atomic E-state index is 10.1. The van der Waals surface area contributed by atoms with Gasteiger partial charge in [0, 0.05) is 6.42 Å². The molecule has 0 aromatic heterocycles. The molecule has 0 saturated carbocycles. The van der Waals surface area contributed by atoms with Gasteiger partial charge in [-0.2, -0.15) is 0 Å². The number of aliphatic carboxylic acids is 1. The minimum atomic E-state index is -0.698. The normalized spacial score (nSPS) is 11.6. The summed E-state index contributed by atoms with van der Waals surface area (Å²) in [4.78, 5) is 10.1. The van der Waals surface area contributed by atoms with Crippen molar-refractivity contribution in [3.05, 3.63) is 13.2 Å². The largest absolute Gasteiger partial charge is 0.481 e. The Labute approximate surface area is 68.9 Å². The van der Waals surface area contributed by atoms with Crippen LogP contribution in [0.3, 0.4) is 0 Å². The molecule has 11 heavy (non-hydrogen) atoms. The minimum absolute atomic E-state index is 0.289. The van der Waals surface area contributed by atoms with Crippen LogP contribution in [-0.4, -0.2) is 11.1 Å². The lowest BCUT2D eigenvalue weighted by Gasteiger charge is -2.11. The van der Waals surface area contributed by atoms with Crippen LogP contribution in [0.15, 0.2) is 13.2 Å². The number of rotatable bonds is 3. The topological polar surface area (TPSA) is 37.3 Å². The third-order valence-electron chi connectivity index (χ3n) is 1.63. The molecule has 1 N–H and O–H groups in total. The fourth-order valence-corrected chi connectivity index (χ4v) is 0.511. The molecule has 2 heteroatoms. The van der Waals surface area contributed by atoms with Gasteiger partial charge in [-0.1, -0.05) is 20.8 Å². The first-order valence-corrected chi connectivity index (χ1v) is 3.75. The summed E-state index contributed by atoms with van der Waals surface area (Å²) in [6, 6.07) is 0. The quantitative estimate of drug-likeness (QED) is 0.641. The van der Waals surface area contributed by atoms with Crippen molar-refractivity contribution in [2.75, 3.05) is 0 Å². The molecule has 0 heterocycles. The van der Waals surface area contributed by atoms with Crippen LogP contribution in [0.5, 0.6) is 0 Å². The van der Waals surface area contributed by atoms with Crippen LogP contribution in [0.1, 0.15) is 27.2 Å². The molecule has 2 nitrogen and oxygen atoms in total. The summed E-state index contributed by atoms with van der Waals surface area (Å²) in [5, 5.41) is 8.33. The maximum Gasteiger partial charge on any atom is 0.303 e. The lowest BCUT2D eigenvalue weighted by atomic mass is 9.95. The molecule has 0 saturated heterocycles. The third kappa shape index (κ3) is 9.21. The van der Waals surface area contributed by atoms with Gasteiger partial charge in [-0.05, 0) is 11.8 Å². The first-order chi connectivity index (χ1) is 5.04. The highest BCUT2D eigenvalue weighted by atomic mass is 16.4. The molecule has 0 aliphatic carbocycles. The summed E-state index contributed by atoms with van der Waals surface area (Å²) in [6.45, 7) is 12.0. The van der Waals surface area contributed by atoms with E-state index in [0.29, 0.717) is 11.8 Å². The van der Waals surface area contributed by atoms with Gasteiger partial charge in [-0.3, -0.25) is 4.79 Å². The summed E-state index contributed by atoms with van der Waals surface area (Å²) >= 11 is 0. The molecular weight excluding hydrogens is 140 g/mol. The Hall–Kier alpha value is -0.790. The number of hydrogen-bond donors (Lipinski definition) is 1. The van der Waals surface area contributed by atoms with Crippen molar-refractivity contribution in [2.45, 2.75) is 27.2 Å². The second-order valence-electron chi connectivity index (χ2n) is 2.82. The van der Waals surface area contributed by atoms with Gasteiger partial charge in [-0.15, -0.1) is 13.2 Å². The highest BCUT2D eigenvalue weighted by Gasteiger charge is 2.10. The number of carbonyl (C=O) groups is 1. The first-order valence-electron chi connectivity index (χ1n) is 3.75. The molecule has 1 atom stereocenters. The summed E-state index contributed by atoms with van der Waals surface area (Å²) in [7, 11) is 0.